The topological polar surface area (TPSA) is 95.1 Å². The van der Waals surface area contributed by atoms with E-state index in [1.54, 1.807) is 0 Å². The minimum Gasteiger partial charge on any atom is -0.485 e. The zero-order chi connectivity index (χ0) is 21.7. The van der Waals surface area contributed by atoms with Crippen molar-refractivity contribution in [3.05, 3.63) is 70.5 Å². The fourth-order valence-electron chi connectivity index (χ4n) is 2.90. The van der Waals surface area contributed by atoms with E-state index in [1.165, 1.54) is 22.0 Å². The molecule has 1 amide bonds. The summed E-state index contributed by atoms with van der Waals surface area (Å²) >= 11 is 1.26. The average Bonchev–Trinajstić information content (AvgIpc) is 3.06. The maximum absolute atomic E-state index is 12.4. The van der Waals surface area contributed by atoms with E-state index in [-0.39, 0.29) is 17.8 Å². The molecule has 0 bridgehead atoms. The molecule has 3 aromatic rings. The molecule has 0 radical (unpaired) electrons. The molecule has 158 valence electrons. The van der Waals surface area contributed by atoms with Crippen molar-refractivity contribution in [2.24, 2.45) is 0 Å². The minimum absolute atomic E-state index is 0.0862. The highest BCUT2D eigenvalue weighted by Crippen LogP contribution is 2.24. The average molecular weight is 426 g/mol. The molecule has 30 heavy (non-hydrogen) atoms. The van der Waals surface area contributed by atoms with Crippen LogP contribution in [0.4, 0.5) is 0 Å². The summed E-state index contributed by atoms with van der Waals surface area (Å²) in [5.74, 6) is 7.36. The van der Waals surface area contributed by atoms with Gasteiger partial charge in [0.05, 0.1) is 5.25 Å². The maximum Gasteiger partial charge on any atom is 0.233 e. The van der Waals surface area contributed by atoms with Crippen molar-refractivity contribution < 1.29 is 9.53 Å². The smallest absolute Gasteiger partial charge is 0.233 e. The van der Waals surface area contributed by atoms with Crippen LogP contribution in [0.2, 0.25) is 0 Å². The Morgan fingerprint density at radius 1 is 1.13 bits per heavy atom. The zero-order valence-corrected chi connectivity index (χ0v) is 18.5. The molecule has 3 rings (SSSR count). The number of nitrogen functional groups attached to an aromatic ring is 1. The maximum atomic E-state index is 12.4. The summed E-state index contributed by atoms with van der Waals surface area (Å²) in [6.07, 6.45) is 0. The van der Waals surface area contributed by atoms with Gasteiger partial charge in [-0.1, -0.05) is 59.8 Å². The molecule has 0 aliphatic heterocycles. The molecule has 1 unspecified atom stereocenters. The van der Waals surface area contributed by atoms with Crippen molar-refractivity contribution in [2.45, 2.75) is 51.3 Å². The van der Waals surface area contributed by atoms with Crippen LogP contribution in [-0.2, 0) is 17.9 Å². The molecule has 1 heterocycles. The normalized spacial score (nSPS) is 11.9. The number of ether oxygens (including phenoxy) is 1. The number of rotatable bonds is 8. The Labute approximate surface area is 181 Å². The first-order valence-corrected chi connectivity index (χ1v) is 10.6. The molecule has 0 aliphatic carbocycles. The Hall–Kier alpha value is -3.00. The van der Waals surface area contributed by atoms with Gasteiger partial charge in [0.1, 0.15) is 12.4 Å². The molecule has 8 heteroatoms. The molecule has 0 saturated heterocycles. The van der Waals surface area contributed by atoms with E-state index < -0.39 is 0 Å². The second-order valence-electron chi connectivity index (χ2n) is 7.24. The lowest BCUT2D eigenvalue weighted by Crippen LogP contribution is -2.31. The van der Waals surface area contributed by atoms with Gasteiger partial charge in [0, 0.05) is 6.54 Å². The number of thioether (sulfide) groups is 1. The van der Waals surface area contributed by atoms with Crippen molar-refractivity contribution in [2.75, 3.05) is 5.84 Å². The van der Waals surface area contributed by atoms with E-state index >= 15 is 0 Å². The first-order chi connectivity index (χ1) is 14.3. The van der Waals surface area contributed by atoms with E-state index in [1.807, 2.05) is 70.2 Å². The van der Waals surface area contributed by atoms with Crippen molar-refractivity contribution in [3.63, 3.8) is 0 Å². The Bertz CT molecular complexity index is 997. The van der Waals surface area contributed by atoms with Crippen LogP contribution in [0.5, 0.6) is 5.75 Å². The lowest BCUT2D eigenvalue weighted by atomic mass is 10.1. The van der Waals surface area contributed by atoms with E-state index in [9.17, 15) is 4.79 Å². The van der Waals surface area contributed by atoms with Gasteiger partial charge in [-0.25, -0.2) is 4.68 Å². The number of nitrogens with two attached hydrogens (primary N) is 1. The van der Waals surface area contributed by atoms with Gasteiger partial charge in [0.25, 0.3) is 0 Å². The van der Waals surface area contributed by atoms with Gasteiger partial charge in [0.2, 0.25) is 11.1 Å². The monoisotopic (exact) mass is 425 g/mol. The molecule has 7 nitrogen and oxygen atoms in total. The third-order valence-corrected chi connectivity index (χ3v) is 5.79. The van der Waals surface area contributed by atoms with Crippen molar-refractivity contribution in [3.8, 4) is 5.75 Å². The van der Waals surface area contributed by atoms with Crippen LogP contribution in [0, 0.1) is 20.8 Å². The summed E-state index contributed by atoms with van der Waals surface area (Å²) in [4.78, 5) is 12.4. The first-order valence-electron chi connectivity index (χ1n) is 9.73. The van der Waals surface area contributed by atoms with Gasteiger partial charge in [-0.05, 0) is 44.4 Å². The zero-order valence-electron chi connectivity index (χ0n) is 17.7. The summed E-state index contributed by atoms with van der Waals surface area (Å²) in [6.45, 7) is 8.52. The molecule has 0 aliphatic rings. The highest BCUT2D eigenvalue weighted by Gasteiger charge is 2.19. The number of nitrogens with one attached hydrogen (secondary N) is 1. The lowest BCUT2D eigenvalue weighted by molar-refractivity contribution is -0.120. The summed E-state index contributed by atoms with van der Waals surface area (Å²) in [5.41, 5.74) is 4.34. The number of aryl methyl sites for hydroxylation is 3. The van der Waals surface area contributed by atoms with Crippen LogP contribution < -0.4 is 15.9 Å². The SMILES string of the molecule is Cc1ccc(CNC(=O)C(C)Sc2nnc(COc3c(C)cccc3C)n2N)cc1. The van der Waals surface area contributed by atoms with Gasteiger partial charge in [-0.2, -0.15) is 0 Å². The first kappa shape index (κ1) is 21.7. The largest absolute Gasteiger partial charge is 0.485 e. The molecule has 1 atom stereocenters. The minimum atomic E-state index is -0.366. The summed E-state index contributed by atoms with van der Waals surface area (Å²) in [6, 6.07) is 14.0. The van der Waals surface area contributed by atoms with Gasteiger partial charge in [-0.3, -0.25) is 4.79 Å². The molecule has 2 aromatic carbocycles. The van der Waals surface area contributed by atoms with Crippen LogP contribution >= 0.6 is 11.8 Å². The lowest BCUT2D eigenvalue weighted by Gasteiger charge is -2.13. The predicted molar refractivity (Wildman–Crippen MR) is 119 cm³/mol. The highest BCUT2D eigenvalue weighted by atomic mass is 32.2. The van der Waals surface area contributed by atoms with Crippen molar-refractivity contribution >= 4 is 17.7 Å². The van der Waals surface area contributed by atoms with Crippen LogP contribution in [0.3, 0.4) is 0 Å². The molecule has 3 N–H and O–H groups in total. The van der Waals surface area contributed by atoms with Crippen LogP contribution in [0.1, 0.15) is 35.0 Å². The summed E-state index contributed by atoms with van der Waals surface area (Å²) in [7, 11) is 0. The van der Waals surface area contributed by atoms with Gasteiger partial charge < -0.3 is 15.9 Å². The van der Waals surface area contributed by atoms with Gasteiger partial charge in [0.15, 0.2) is 5.82 Å². The van der Waals surface area contributed by atoms with E-state index in [0.717, 1.165) is 22.4 Å². The van der Waals surface area contributed by atoms with Gasteiger partial charge in [-0.15, -0.1) is 10.2 Å². The van der Waals surface area contributed by atoms with Crippen molar-refractivity contribution in [1.82, 2.24) is 20.2 Å². The summed E-state index contributed by atoms with van der Waals surface area (Å²) in [5, 5.41) is 11.3. The van der Waals surface area contributed by atoms with Crippen LogP contribution in [0.25, 0.3) is 0 Å². The molecular formula is C22H27N5O2S. The quantitative estimate of drug-likeness (QED) is 0.425. The predicted octanol–water partition coefficient (Wildman–Crippen LogP) is 3.29. The number of para-hydroxylation sites is 1. The second kappa shape index (κ2) is 9.67. The fraction of sp³-hybridized carbons (Fsp3) is 0.318. The van der Waals surface area contributed by atoms with Crippen LogP contribution in [-0.4, -0.2) is 26.0 Å². The molecular weight excluding hydrogens is 398 g/mol. The Kier molecular flexibility index (Phi) is 6.99. The standard InChI is InChI=1S/C22H27N5O2S/c1-14-8-10-18(11-9-14)12-24-21(28)17(4)30-22-26-25-19(27(22)23)13-29-20-15(2)6-5-7-16(20)3/h5-11,17H,12-13,23H2,1-4H3,(H,24,28). The number of benzene rings is 2. The van der Waals surface area contributed by atoms with Crippen molar-refractivity contribution in [1.29, 1.82) is 0 Å². The number of hydrogen-bond acceptors (Lipinski definition) is 6. The molecule has 0 spiro atoms. The molecule has 0 fully saturated rings. The van der Waals surface area contributed by atoms with E-state index in [2.05, 4.69) is 15.5 Å². The third-order valence-electron chi connectivity index (χ3n) is 4.73. The number of carbonyl (C=O) groups excluding carboxylic acids is 1. The number of amides is 1. The number of nitrogens with zero attached hydrogens (tertiary/aromatic N) is 3. The third kappa shape index (κ3) is 5.33. The Balaban J connectivity index is 1.55. The van der Waals surface area contributed by atoms with E-state index in [0.29, 0.717) is 17.5 Å². The van der Waals surface area contributed by atoms with Gasteiger partial charge >= 0.3 is 0 Å². The number of hydrogen-bond donors (Lipinski definition) is 2. The Morgan fingerprint density at radius 3 is 2.47 bits per heavy atom. The number of aromatic nitrogens is 3. The number of carbonyl (C=O) groups is 1. The molecule has 1 aromatic heterocycles. The van der Waals surface area contributed by atoms with E-state index in [4.69, 9.17) is 10.6 Å². The summed E-state index contributed by atoms with van der Waals surface area (Å²) < 4.78 is 7.28. The second-order valence-corrected chi connectivity index (χ2v) is 8.55. The van der Waals surface area contributed by atoms with Crippen LogP contribution in [0.15, 0.2) is 47.6 Å². The molecule has 0 saturated carbocycles. The highest BCUT2D eigenvalue weighted by molar-refractivity contribution is 8.00. The Morgan fingerprint density at radius 2 is 1.80 bits per heavy atom. The fourth-order valence-corrected chi connectivity index (χ4v) is 3.71.